The molecule has 1 saturated heterocycles. The number of nitrogens with zero attached hydrogens (tertiary/aromatic N) is 1. The smallest absolute Gasteiger partial charge is 0.239 e. The van der Waals surface area contributed by atoms with Crippen LogP contribution in [0.4, 0.5) is 4.39 Å². The molecular weight excluding hydrogens is 255 g/mol. The molecule has 0 aromatic heterocycles. The summed E-state index contributed by atoms with van der Waals surface area (Å²) in [5.41, 5.74) is 0.864. The van der Waals surface area contributed by atoms with Crippen molar-refractivity contribution in [2.75, 3.05) is 13.1 Å². The van der Waals surface area contributed by atoms with Crippen LogP contribution in [0.1, 0.15) is 44.7 Å². The number of likely N-dealkylation sites (tertiary alicyclic amines) is 1. The molecule has 0 radical (unpaired) electrons. The third-order valence-electron chi connectivity index (χ3n) is 3.89. The first-order chi connectivity index (χ1) is 9.58. The SMILES string of the molecule is CC(NC(C)c1cccc(F)c1)C(=O)N1CCCCC1. The molecule has 2 rings (SSSR count). The molecule has 2 unspecified atom stereocenters. The van der Waals surface area contributed by atoms with Crippen LogP contribution in [0.25, 0.3) is 0 Å². The number of carbonyl (C=O) groups is 1. The minimum absolute atomic E-state index is 0.0468. The highest BCUT2D eigenvalue weighted by atomic mass is 19.1. The van der Waals surface area contributed by atoms with E-state index >= 15 is 0 Å². The second-order valence-electron chi connectivity index (χ2n) is 5.55. The van der Waals surface area contributed by atoms with Crippen molar-refractivity contribution in [3.63, 3.8) is 0 Å². The van der Waals surface area contributed by atoms with Crippen LogP contribution in [0.2, 0.25) is 0 Å². The molecule has 2 atom stereocenters. The number of nitrogens with one attached hydrogen (secondary N) is 1. The van der Waals surface area contributed by atoms with Crippen molar-refractivity contribution in [2.45, 2.75) is 45.2 Å². The summed E-state index contributed by atoms with van der Waals surface area (Å²) in [7, 11) is 0. The Labute approximate surface area is 120 Å². The number of amides is 1. The first-order valence-electron chi connectivity index (χ1n) is 7.38. The first kappa shape index (κ1) is 15.0. The highest BCUT2D eigenvalue weighted by molar-refractivity contribution is 5.81. The Morgan fingerprint density at radius 2 is 1.95 bits per heavy atom. The molecule has 1 aromatic rings. The summed E-state index contributed by atoms with van der Waals surface area (Å²) in [6.07, 6.45) is 3.40. The van der Waals surface area contributed by atoms with Crippen LogP contribution in [0.5, 0.6) is 0 Å². The van der Waals surface area contributed by atoms with E-state index in [2.05, 4.69) is 5.32 Å². The molecule has 1 fully saturated rings. The second kappa shape index (κ2) is 6.84. The van der Waals surface area contributed by atoms with E-state index in [1.165, 1.54) is 18.6 Å². The summed E-state index contributed by atoms with van der Waals surface area (Å²) in [6, 6.07) is 6.22. The molecule has 20 heavy (non-hydrogen) atoms. The Kier molecular flexibility index (Phi) is 5.12. The zero-order valence-corrected chi connectivity index (χ0v) is 12.2. The predicted molar refractivity (Wildman–Crippen MR) is 77.8 cm³/mol. The normalized spacial score (nSPS) is 18.6. The van der Waals surface area contributed by atoms with Crippen LogP contribution in [-0.4, -0.2) is 29.9 Å². The van der Waals surface area contributed by atoms with Gasteiger partial charge in [0.1, 0.15) is 5.82 Å². The molecular formula is C16H23FN2O. The number of piperidine rings is 1. The van der Waals surface area contributed by atoms with E-state index < -0.39 is 0 Å². The molecule has 1 heterocycles. The van der Waals surface area contributed by atoms with Gasteiger partial charge in [0, 0.05) is 19.1 Å². The topological polar surface area (TPSA) is 32.3 Å². The van der Waals surface area contributed by atoms with Gasteiger partial charge in [0.05, 0.1) is 6.04 Å². The average Bonchev–Trinajstić information content (AvgIpc) is 2.47. The van der Waals surface area contributed by atoms with Crippen LogP contribution >= 0.6 is 0 Å². The maximum absolute atomic E-state index is 13.2. The molecule has 0 bridgehead atoms. The van der Waals surface area contributed by atoms with Gasteiger partial charge < -0.3 is 4.90 Å². The van der Waals surface area contributed by atoms with Gasteiger partial charge in [-0.3, -0.25) is 10.1 Å². The summed E-state index contributed by atoms with van der Waals surface area (Å²) >= 11 is 0. The average molecular weight is 278 g/mol. The van der Waals surface area contributed by atoms with Gasteiger partial charge >= 0.3 is 0 Å². The maximum Gasteiger partial charge on any atom is 0.239 e. The van der Waals surface area contributed by atoms with Crippen LogP contribution in [0.15, 0.2) is 24.3 Å². The molecule has 3 nitrogen and oxygen atoms in total. The zero-order valence-electron chi connectivity index (χ0n) is 12.2. The third kappa shape index (κ3) is 3.79. The Hall–Kier alpha value is -1.42. The van der Waals surface area contributed by atoms with Crippen LogP contribution in [-0.2, 0) is 4.79 Å². The lowest BCUT2D eigenvalue weighted by molar-refractivity contribution is -0.134. The molecule has 1 aliphatic heterocycles. The molecule has 1 amide bonds. The highest BCUT2D eigenvalue weighted by Gasteiger charge is 2.23. The van der Waals surface area contributed by atoms with Crippen molar-refractivity contribution < 1.29 is 9.18 Å². The quantitative estimate of drug-likeness (QED) is 0.918. The van der Waals surface area contributed by atoms with E-state index in [1.807, 2.05) is 24.8 Å². The largest absolute Gasteiger partial charge is 0.341 e. The maximum atomic E-state index is 13.2. The van der Waals surface area contributed by atoms with Gasteiger partial charge in [-0.05, 0) is 50.8 Å². The summed E-state index contributed by atoms with van der Waals surface area (Å²) in [4.78, 5) is 14.3. The van der Waals surface area contributed by atoms with Crippen molar-refractivity contribution in [3.8, 4) is 0 Å². The summed E-state index contributed by atoms with van der Waals surface area (Å²) in [5, 5.41) is 3.26. The lowest BCUT2D eigenvalue weighted by Crippen LogP contribution is -2.47. The molecule has 0 saturated carbocycles. The monoisotopic (exact) mass is 278 g/mol. The zero-order chi connectivity index (χ0) is 14.5. The Balaban J connectivity index is 1.92. The standard InChI is InChI=1S/C16H23FN2O/c1-12(14-7-6-8-15(17)11-14)18-13(2)16(20)19-9-4-3-5-10-19/h6-8,11-13,18H,3-5,9-10H2,1-2H3. The molecule has 1 aliphatic rings. The van der Waals surface area contributed by atoms with Gasteiger partial charge in [-0.2, -0.15) is 0 Å². The molecule has 0 aliphatic carbocycles. The van der Waals surface area contributed by atoms with E-state index in [9.17, 15) is 9.18 Å². The third-order valence-corrected chi connectivity index (χ3v) is 3.89. The van der Waals surface area contributed by atoms with Crippen LogP contribution in [0.3, 0.4) is 0 Å². The summed E-state index contributed by atoms with van der Waals surface area (Å²) < 4.78 is 13.2. The highest BCUT2D eigenvalue weighted by Crippen LogP contribution is 2.15. The van der Waals surface area contributed by atoms with Crippen molar-refractivity contribution in [1.82, 2.24) is 10.2 Å². The lowest BCUT2D eigenvalue weighted by atomic mass is 10.1. The number of hydrogen-bond acceptors (Lipinski definition) is 2. The number of benzene rings is 1. The van der Waals surface area contributed by atoms with Crippen molar-refractivity contribution >= 4 is 5.91 Å². The number of rotatable bonds is 4. The van der Waals surface area contributed by atoms with Gasteiger partial charge in [-0.15, -0.1) is 0 Å². The lowest BCUT2D eigenvalue weighted by Gasteiger charge is -2.30. The van der Waals surface area contributed by atoms with Gasteiger partial charge in [-0.1, -0.05) is 12.1 Å². The van der Waals surface area contributed by atoms with Crippen molar-refractivity contribution in [1.29, 1.82) is 0 Å². The molecule has 1 aromatic carbocycles. The van der Waals surface area contributed by atoms with Crippen molar-refractivity contribution in [2.24, 2.45) is 0 Å². The molecule has 1 N–H and O–H groups in total. The van der Waals surface area contributed by atoms with E-state index in [-0.39, 0.29) is 23.8 Å². The Morgan fingerprint density at radius 3 is 2.60 bits per heavy atom. The van der Waals surface area contributed by atoms with Gasteiger partial charge in [0.2, 0.25) is 5.91 Å². The van der Waals surface area contributed by atoms with E-state index in [4.69, 9.17) is 0 Å². The van der Waals surface area contributed by atoms with Crippen LogP contribution < -0.4 is 5.32 Å². The van der Waals surface area contributed by atoms with E-state index in [1.54, 1.807) is 6.07 Å². The fraction of sp³-hybridized carbons (Fsp3) is 0.562. The number of carbonyl (C=O) groups excluding carboxylic acids is 1. The molecule has 0 spiro atoms. The van der Waals surface area contributed by atoms with E-state index in [0.717, 1.165) is 31.5 Å². The van der Waals surface area contributed by atoms with Gasteiger partial charge in [-0.25, -0.2) is 4.39 Å². The minimum atomic E-state index is -0.244. The number of halogens is 1. The fourth-order valence-corrected chi connectivity index (χ4v) is 2.71. The molecule has 110 valence electrons. The summed E-state index contributed by atoms with van der Waals surface area (Å²) in [5.74, 6) is -0.0980. The predicted octanol–water partition coefficient (Wildman–Crippen LogP) is 2.88. The fourth-order valence-electron chi connectivity index (χ4n) is 2.71. The molecule has 4 heteroatoms. The minimum Gasteiger partial charge on any atom is -0.341 e. The van der Waals surface area contributed by atoms with E-state index in [0.29, 0.717) is 0 Å². The number of hydrogen-bond donors (Lipinski definition) is 1. The van der Waals surface area contributed by atoms with Gasteiger partial charge in [0.25, 0.3) is 0 Å². The first-order valence-corrected chi connectivity index (χ1v) is 7.38. The Bertz CT molecular complexity index is 458. The summed E-state index contributed by atoms with van der Waals surface area (Å²) in [6.45, 7) is 5.56. The Morgan fingerprint density at radius 1 is 1.25 bits per heavy atom. The second-order valence-corrected chi connectivity index (χ2v) is 5.55. The van der Waals surface area contributed by atoms with Crippen LogP contribution in [0, 0.1) is 5.82 Å². The van der Waals surface area contributed by atoms with Gasteiger partial charge in [0.15, 0.2) is 0 Å². The van der Waals surface area contributed by atoms with Crippen molar-refractivity contribution in [3.05, 3.63) is 35.6 Å².